The molecule has 0 aliphatic heterocycles. The molecule has 0 saturated carbocycles. The molecule has 0 aliphatic rings. The molecule has 1 unspecified atom stereocenters. The number of hydrogen-bond acceptors (Lipinski definition) is 2. The highest BCUT2D eigenvalue weighted by Gasteiger charge is 2.09. The topological polar surface area (TPSA) is 33.3 Å². The molecule has 3 nitrogen and oxygen atoms in total. The maximum Gasteiger partial charge on any atom is 0.171 e. The van der Waals surface area contributed by atoms with Gasteiger partial charge in [-0.05, 0) is 62.0 Å². The van der Waals surface area contributed by atoms with E-state index in [1.807, 2.05) is 38.1 Å². The molecule has 2 aromatic carbocycles. The summed E-state index contributed by atoms with van der Waals surface area (Å²) in [6, 6.07) is 13.2. The van der Waals surface area contributed by atoms with Crippen molar-refractivity contribution in [2.45, 2.75) is 19.9 Å². The average Bonchev–Trinajstić information content (AvgIpc) is 2.51. The minimum atomic E-state index is 0.0525. The molecule has 0 radical (unpaired) electrons. The molecular weight excluding hydrogens is 351 g/mol. The van der Waals surface area contributed by atoms with Crippen molar-refractivity contribution in [1.29, 1.82) is 0 Å². The van der Waals surface area contributed by atoms with Crippen LogP contribution in [0.4, 0.5) is 5.69 Å². The highest BCUT2D eigenvalue weighted by molar-refractivity contribution is 7.80. The molecule has 0 aromatic heterocycles. The van der Waals surface area contributed by atoms with Crippen LogP contribution in [0.25, 0.3) is 0 Å². The summed E-state index contributed by atoms with van der Waals surface area (Å²) in [5.74, 6) is 0.858. The van der Waals surface area contributed by atoms with Crippen LogP contribution in [0.1, 0.15) is 25.5 Å². The molecule has 0 amide bonds. The van der Waals surface area contributed by atoms with Gasteiger partial charge in [0.2, 0.25) is 0 Å². The van der Waals surface area contributed by atoms with Gasteiger partial charge in [-0.25, -0.2) is 0 Å². The molecule has 0 aliphatic carbocycles. The quantitative estimate of drug-likeness (QED) is 0.688. The number of benzene rings is 2. The van der Waals surface area contributed by atoms with Crippen molar-refractivity contribution in [3.05, 3.63) is 58.1 Å². The van der Waals surface area contributed by atoms with E-state index in [1.54, 1.807) is 18.2 Å². The van der Waals surface area contributed by atoms with Crippen LogP contribution in [0, 0.1) is 0 Å². The third kappa shape index (κ3) is 5.27. The molecule has 0 heterocycles. The minimum absolute atomic E-state index is 0.0525. The Morgan fingerprint density at radius 1 is 1.17 bits per heavy atom. The second kappa shape index (κ2) is 8.39. The SMILES string of the molecule is CCOc1ccc(C(C)NC(=S)Nc2ccc(Cl)cc2Cl)cc1. The van der Waals surface area contributed by atoms with Crippen LogP contribution in [0.3, 0.4) is 0 Å². The predicted octanol–water partition coefficient (Wildman–Crippen LogP) is 5.44. The Morgan fingerprint density at radius 3 is 2.48 bits per heavy atom. The normalized spacial score (nSPS) is 11.7. The van der Waals surface area contributed by atoms with Crippen molar-refractivity contribution in [2.75, 3.05) is 11.9 Å². The van der Waals surface area contributed by atoms with Crippen LogP contribution in [0.5, 0.6) is 5.75 Å². The minimum Gasteiger partial charge on any atom is -0.494 e. The number of halogens is 2. The molecule has 122 valence electrons. The summed E-state index contributed by atoms with van der Waals surface area (Å²) in [4.78, 5) is 0. The number of anilines is 1. The van der Waals surface area contributed by atoms with E-state index in [1.165, 1.54) is 0 Å². The van der Waals surface area contributed by atoms with Crippen molar-refractivity contribution in [3.8, 4) is 5.75 Å². The van der Waals surface area contributed by atoms with E-state index >= 15 is 0 Å². The first-order valence-corrected chi connectivity index (χ1v) is 8.41. The molecule has 23 heavy (non-hydrogen) atoms. The van der Waals surface area contributed by atoms with Gasteiger partial charge in [-0.3, -0.25) is 0 Å². The Bertz CT molecular complexity index is 677. The molecule has 2 rings (SSSR count). The molecule has 0 spiro atoms. The lowest BCUT2D eigenvalue weighted by Crippen LogP contribution is -2.30. The Balaban J connectivity index is 1.96. The third-order valence-electron chi connectivity index (χ3n) is 3.22. The van der Waals surface area contributed by atoms with Crippen molar-refractivity contribution < 1.29 is 4.74 Å². The van der Waals surface area contributed by atoms with E-state index in [9.17, 15) is 0 Å². The highest BCUT2D eigenvalue weighted by atomic mass is 35.5. The summed E-state index contributed by atoms with van der Waals surface area (Å²) in [7, 11) is 0. The third-order valence-corrected chi connectivity index (χ3v) is 3.99. The summed E-state index contributed by atoms with van der Waals surface area (Å²) in [5.41, 5.74) is 1.83. The Morgan fingerprint density at radius 2 is 1.87 bits per heavy atom. The second-order valence-electron chi connectivity index (χ2n) is 4.95. The molecule has 6 heteroatoms. The number of rotatable bonds is 5. The number of hydrogen-bond donors (Lipinski definition) is 2. The van der Waals surface area contributed by atoms with Crippen LogP contribution in [0.15, 0.2) is 42.5 Å². The molecule has 2 aromatic rings. The summed E-state index contributed by atoms with van der Waals surface area (Å²) >= 11 is 17.3. The van der Waals surface area contributed by atoms with Crippen LogP contribution in [-0.4, -0.2) is 11.7 Å². The monoisotopic (exact) mass is 368 g/mol. The molecule has 0 saturated heterocycles. The maximum absolute atomic E-state index is 6.13. The van der Waals surface area contributed by atoms with Crippen molar-refractivity contribution in [1.82, 2.24) is 5.32 Å². The van der Waals surface area contributed by atoms with Gasteiger partial charge in [0.25, 0.3) is 0 Å². The first-order valence-electron chi connectivity index (χ1n) is 7.25. The van der Waals surface area contributed by atoms with Crippen molar-refractivity contribution in [3.63, 3.8) is 0 Å². The van der Waals surface area contributed by atoms with E-state index in [-0.39, 0.29) is 6.04 Å². The Kier molecular flexibility index (Phi) is 6.51. The fraction of sp³-hybridized carbons (Fsp3) is 0.235. The van der Waals surface area contributed by atoms with Gasteiger partial charge in [-0.2, -0.15) is 0 Å². The zero-order valence-electron chi connectivity index (χ0n) is 12.9. The van der Waals surface area contributed by atoms with E-state index in [0.29, 0.717) is 27.5 Å². The van der Waals surface area contributed by atoms with E-state index in [4.69, 9.17) is 40.2 Å². The second-order valence-corrected chi connectivity index (χ2v) is 6.20. The lowest BCUT2D eigenvalue weighted by atomic mass is 10.1. The molecular formula is C17H18Cl2N2OS. The summed E-state index contributed by atoms with van der Waals surface area (Å²) < 4.78 is 5.44. The van der Waals surface area contributed by atoms with Crippen molar-refractivity contribution in [2.24, 2.45) is 0 Å². The molecule has 2 N–H and O–H groups in total. The number of nitrogens with one attached hydrogen (secondary N) is 2. The van der Waals surface area contributed by atoms with Crippen molar-refractivity contribution >= 4 is 46.2 Å². The van der Waals surface area contributed by atoms with Gasteiger partial charge in [0, 0.05) is 5.02 Å². The first-order chi connectivity index (χ1) is 11.0. The van der Waals surface area contributed by atoms with Crippen LogP contribution >= 0.6 is 35.4 Å². The van der Waals surface area contributed by atoms with Gasteiger partial charge in [0.05, 0.1) is 23.4 Å². The largest absolute Gasteiger partial charge is 0.494 e. The van der Waals surface area contributed by atoms with Crippen LogP contribution in [-0.2, 0) is 0 Å². The number of thiocarbonyl (C=S) groups is 1. The fourth-order valence-electron chi connectivity index (χ4n) is 2.05. The molecule has 0 fully saturated rings. The lowest BCUT2D eigenvalue weighted by molar-refractivity contribution is 0.340. The van der Waals surface area contributed by atoms with Gasteiger partial charge in [-0.15, -0.1) is 0 Å². The Hall–Kier alpha value is -1.49. The smallest absolute Gasteiger partial charge is 0.171 e. The first kappa shape index (κ1) is 17.9. The van der Waals surface area contributed by atoms with E-state index in [0.717, 1.165) is 11.3 Å². The fourth-order valence-corrected chi connectivity index (χ4v) is 2.79. The Labute approximate surface area is 151 Å². The van der Waals surface area contributed by atoms with Gasteiger partial charge in [-0.1, -0.05) is 35.3 Å². The van der Waals surface area contributed by atoms with Gasteiger partial charge in [0.15, 0.2) is 5.11 Å². The zero-order chi connectivity index (χ0) is 16.8. The maximum atomic E-state index is 6.13. The predicted molar refractivity (Wildman–Crippen MR) is 102 cm³/mol. The average molecular weight is 369 g/mol. The lowest BCUT2D eigenvalue weighted by Gasteiger charge is -2.18. The van der Waals surface area contributed by atoms with Gasteiger partial charge in [0.1, 0.15) is 5.75 Å². The van der Waals surface area contributed by atoms with Gasteiger partial charge >= 0.3 is 0 Å². The summed E-state index contributed by atoms with van der Waals surface area (Å²) in [5, 5.41) is 7.91. The number of ether oxygens (including phenoxy) is 1. The molecule has 1 atom stereocenters. The van der Waals surface area contributed by atoms with E-state index < -0.39 is 0 Å². The summed E-state index contributed by atoms with van der Waals surface area (Å²) in [6.07, 6.45) is 0. The highest BCUT2D eigenvalue weighted by Crippen LogP contribution is 2.25. The van der Waals surface area contributed by atoms with Gasteiger partial charge < -0.3 is 15.4 Å². The standard InChI is InChI=1S/C17H18Cl2N2OS/c1-3-22-14-7-4-12(5-8-14)11(2)20-17(23)21-16-9-6-13(18)10-15(16)19/h4-11H,3H2,1-2H3,(H2,20,21,23). The van der Waals surface area contributed by atoms with Crippen LogP contribution in [0.2, 0.25) is 10.0 Å². The van der Waals surface area contributed by atoms with Crippen LogP contribution < -0.4 is 15.4 Å². The molecule has 0 bridgehead atoms. The summed E-state index contributed by atoms with van der Waals surface area (Å²) in [6.45, 7) is 4.65. The zero-order valence-corrected chi connectivity index (χ0v) is 15.2. The van der Waals surface area contributed by atoms with E-state index in [2.05, 4.69) is 10.6 Å².